The molecule has 0 N–H and O–H groups in total. The van der Waals surface area contributed by atoms with Crippen molar-refractivity contribution in [2.45, 2.75) is 219 Å². The molecule has 1 atom stereocenters. The maximum absolute atomic E-state index is 12.7. The average Bonchev–Trinajstić information content (AvgIpc) is 3.23. The number of carbonyl (C=O) groups is 3. The molecule has 1 unspecified atom stereocenters. The smallest absolute Gasteiger partial charge is 0.306 e. The molecule has 336 valence electrons. The normalized spacial score (nSPS) is 12.8. The second-order valence-corrected chi connectivity index (χ2v) is 15.6. The number of esters is 3. The van der Waals surface area contributed by atoms with E-state index in [0.29, 0.717) is 19.3 Å². The highest BCUT2D eigenvalue weighted by Gasteiger charge is 2.19. The highest BCUT2D eigenvalue weighted by Crippen LogP contribution is 2.13. The number of carbonyl (C=O) groups excluding carboxylic acids is 3. The van der Waals surface area contributed by atoms with Crippen LogP contribution < -0.4 is 0 Å². The molecule has 0 amide bonds. The zero-order valence-corrected chi connectivity index (χ0v) is 38.2. The number of unbranched alkanes of at least 4 members (excludes halogenated alkanes) is 17. The van der Waals surface area contributed by atoms with E-state index in [-0.39, 0.29) is 31.1 Å². The molecule has 0 aliphatic heterocycles. The summed E-state index contributed by atoms with van der Waals surface area (Å²) in [6.07, 6.45) is 59.9. The summed E-state index contributed by atoms with van der Waals surface area (Å²) in [4.78, 5) is 37.8. The molecule has 0 saturated carbocycles. The van der Waals surface area contributed by atoms with E-state index < -0.39 is 6.10 Å². The predicted molar refractivity (Wildman–Crippen MR) is 251 cm³/mol. The van der Waals surface area contributed by atoms with Gasteiger partial charge in [-0.1, -0.05) is 189 Å². The van der Waals surface area contributed by atoms with E-state index in [0.717, 1.165) is 135 Å². The maximum atomic E-state index is 12.7. The fourth-order valence-corrected chi connectivity index (χ4v) is 6.33. The summed E-state index contributed by atoms with van der Waals surface area (Å²) >= 11 is 0. The van der Waals surface area contributed by atoms with Gasteiger partial charge in [-0.2, -0.15) is 0 Å². The summed E-state index contributed by atoms with van der Waals surface area (Å²) in [6.45, 7) is 6.34. The van der Waals surface area contributed by atoms with Crippen molar-refractivity contribution in [2.24, 2.45) is 0 Å². The fraction of sp³-hybridized carbons (Fsp3) is 0.679. The van der Waals surface area contributed by atoms with E-state index >= 15 is 0 Å². The lowest BCUT2D eigenvalue weighted by atomic mass is 10.1. The monoisotopic (exact) mass is 821 g/mol. The van der Waals surface area contributed by atoms with Crippen molar-refractivity contribution >= 4 is 17.9 Å². The van der Waals surface area contributed by atoms with E-state index in [2.05, 4.69) is 106 Å². The van der Waals surface area contributed by atoms with Crippen molar-refractivity contribution in [3.8, 4) is 0 Å². The first-order chi connectivity index (χ1) is 29.0. The summed E-state index contributed by atoms with van der Waals surface area (Å²) in [5.41, 5.74) is 0. The molecule has 6 nitrogen and oxygen atoms in total. The van der Waals surface area contributed by atoms with Gasteiger partial charge in [0.05, 0.1) is 0 Å². The van der Waals surface area contributed by atoms with Gasteiger partial charge >= 0.3 is 17.9 Å². The molecular weight excluding hydrogens is 733 g/mol. The van der Waals surface area contributed by atoms with Gasteiger partial charge in [0.25, 0.3) is 0 Å². The van der Waals surface area contributed by atoms with Gasteiger partial charge in [0, 0.05) is 19.3 Å². The Hall–Kier alpha value is -3.41. The number of rotatable bonds is 42. The Morgan fingerprint density at radius 2 is 0.661 bits per heavy atom. The Bertz CT molecular complexity index is 1170. The lowest BCUT2D eigenvalue weighted by molar-refractivity contribution is -0.167. The van der Waals surface area contributed by atoms with Crippen LogP contribution in [0.5, 0.6) is 0 Å². The van der Waals surface area contributed by atoms with Gasteiger partial charge in [-0.3, -0.25) is 14.4 Å². The Morgan fingerprint density at radius 1 is 0.356 bits per heavy atom. The highest BCUT2D eigenvalue weighted by molar-refractivity contribution is 5.71. The van der Waals surface area contributed by atoms with Gasteiger partial charge in [-0.05, 0) is 89.9 Å². The van der Waals surface area contributed by atoms with E-state index in [1.807, 2.05) is 0 Å². The lowest BCUT2D eigenvalue weighted by Crippen LogP contribution is -2.30. The molecule has 0 aromatic rings. The predicted octanol–water partition coefficient (Wildman–Crippen LogP) is 15.6. The van der Waals surface area contributed by atoms with Crippen molar-refractivity contribution < 1.29 is 28.6 Å². The third-order valence-corrected chi connectivity index (χ3v) is 9.90. The van der Waals surface area contributed by atoms with Crippen molar-refractivity contribution in [3.05, 3.63) is 85.1 Å². The summed E-state index contributed by atoms with van der Waals surface area (Å²) in [5, 5.41) is 0. The largest absolute Gasteiger partial charge is 0.462 e. The molecule has 0 aliphatic carbocycles. The molecule has 0 bridgehead atoms. The van der Waals surface area contributed by atoms with Crippen LogP contribution >= 0.6 is 0 Å². The number of hydrogen-bond acceptors (Lipinski definition) is 6. The summed E-state index contributed by atoms with van der Waals surface area (Å²) in [5.74, 6) is -0.940. The van der Waals surface area contributed by atoms with Crippen LogP contribution in [0.15, 0.2) is 85.1 Å². The van der Waals surface area contributed by atoms with Gasteiger partial charge in [-0.15, -0.1) is 0 Å². The van der Waals surface area contributed by atoms with Crippen LogP contribution in [0.3, 0.4) is 0 Å². The van der Waals surface area contributed by atoms with Gasteiger partial charge in [-0.25, -0.2) is 0 Å². The standard InChI is InChI=1S/C53H88O6/c1-4-7-10-13-16-19-21-23-25-26-28-29-31-34-37-40-43-46-52(55)58-49-50(48-57-51(54)45-42-39-36-33-18-15-12-9-6-3)59-53(56)47-44-41-38-35-32-30-27-24-22-20-17-14-11-8-5-2/h7-8,10-11,16-17,19-20,23-25,27-29,50H,4-6,9,12-15,18,21-22,26,30-49H2,1-3H3/b10-7-,11-8-,19-16-,20-17-,25-23-,27-24-,29-28-. The lowest BCUT2D eigenvalue weighted by Gasteiger charge is -2.18. The van der Waals surface area contributed by atoms with Crippen LogP contribution in [0.25, 0.3) is 0 Å². The van der Waals surface area contributed by atoms with Gasteiger partial charge < -0.3 is 14.2 Å². The number of hydrogen-bond donors (Lipinski definition) is 0. The molecule has 0 fully saturated rings. The zero-order valence-electron chi connectivity index (χ0n) is 38.2. The van der Waals surface area contributed by atoms with E-state index in [9.17, 15) is 14.4 Å². The SMILES string of the molecule is CC/C=C\C/C=C\C/C=C\C/C=C\CCCCCCC(=O)OCC(COC(=O)CCCCCCCCCCC)OC(=O)CCCCCCC/C=C\C/C=C\C/C=C\CC. The quantitative estimate of drug-likeness (QED) is 0.0264. The van der Waals surface area contributed by atoms with E-state index in [4.69, 9.17) is 14.2 Å². The molecule has 0 radical (unpaired) electrons. The first-order valence-electron chi connectivity index (χ1n) is 24.1. The van der Waals surface area contributed by atoms with Gasteiger partial charge in [0.15, 0.2) is 6.10 Å². The van der Waals surface area contributed by atoms with E-state index in [1.54, 1.807) is 0 Å². The second kappa shape index (κ2) is 47.3. The Labute approximate surface area is 363 Å². The molecule has 0 rings (SSSR count). The summed E-state index contributed by atoms with van der Waals surface area (Å²) in [6, 6.07) is 0. The molecule has 0 heterocycles. The molecule has 0 aliphatic rings. The topological polar surface area (TPSA) is 78.9 Å². The van der Waals surface area contributed by atoms with E-state index in [1.165, 1.54) is 38.5 Å². The van der Waals surface area contributed by atoms with Crippen molar-refractivity contribution in [3.63, 3.8) is 0 Å². The molecule has 0 spiro atoms. The van der Waals surface area contributed by atoms with Crippen LogP contribution in [0.2, 0.25) is 0 Å². The van der Waals surface area contributed by atoms with Gasteiger partial charge in [0.1, 0.15) is 13.2 Å². The number of ether oxygens (including phenoxy) is 3. The second-order valence-electron chi connectivity index (χ2n) is 15.6. The molecule has 0 saturated heterocycles. The molecule has 59 heavy (non-hydrogen) atoms. The molecular formula is C53H88O6. The first-order valence-corrected chi connectivity index (χ1v) is 24.1. The fourth-order valence-electron chi connectivity index (χ4n) is 6.33. The van der Waals surface area contributed by atoms with Crippen LogP contribution in [0.1, 0.15) is 213 Å². The number of allylic oxidation sites excluding steroid dienone is 14. The minimum atomic E-state index is -0.793. The van der Waals surface area contributed by atoms with Crippen LogP contribution in [0.4, 0.5) is 0 Å². The maximum Gasteiger partial charge on any atom is 0.306 e. The highest BCUT2D eigenvalue weighted by atomic mass is 16.6. The summed E-state index contributed by atoms with van der Waals surface area (Å²) < 4.78 is 16.7. The van der Waals surface area contributed by atoms with Crippen LogP contribution in [-0.4, -0.2) is 37.2 Å². The molecule has 0 aromatic carbocycles. The van der Waals surface area contributed by atoms with Crippen molar-refractivity contribution in [1.82, 2.24) is 0 Å². The zero-order chi connectivity index (χ0) is 43.0. The van der Waals surface area contributed by atoms with Crippen LogP contribution in [-0.2, 0) is 28.6 Å². The third-order valence-electron chi connectivity index (χ3n) is 9.90. The Balaban J connectivity index is 4.43. The Morgan fingerprint density at radius 3 is 1.03 bits per heavy atom. The summed E-state index contributed by atoms with van der Waals surface area (Å²) in [7, 11) is 0. The van der Waals surface area contributed by atoms with Gasteiger partial charge in [0.2, 0.25) is 0 Å². The minimum Gasteiger partial charge on any atom is -0.462 e. The van der Waals surface area contributed by atoms with Crippen LogP contribution in [0, 0.1) is 0 Å². The van der Waals surface area contributed by atoms with Crippen molar-refractivity contribution in [2.75, 3.05) is 13.2 Å². The first kappa shape index (κ1) is 55.6. The molecule has 6 heteroatoms. The molecule has 0 aromatic heterocycles. The average molecular weight is 821 g/mol. The minimum absolute atomic E-state index is 0.0915. The third kappa shape index (κ3) is 45.5. The Kier molecular flexibility index (Phi) is 44.5. The van der Waals surface area contributed by atoms with Crippen molar-refractivity contribution in [1.29, 1.82) is 0 Å².